The molecule has 4 aliphatic carbocycles. The topological polar surface area (TPSA) is 38.3 Å². The van der Waals surface area contributed by atoms with Gasteiger partial charge in [-0.05, 0) is 84.9 Å². The number of methoxy groups -OCH3 is 1. The van der Waals surface area contributed by atoms with E-state index in [1.807, 2.05) is 0 Å². The van der Waals surface area contributed by atoms with Crippen LogP contribution >= 0.6 is 0 Å². The summed E-state index contributed by atoms with van der Waals surface area (Å²) in [7, 11) is 1.55. The number of carbonyl (C=O) groups is 1. The van der Waals surface area contributed by atoms with Crippen molar-refractivity contribution in [2.45, 2.75) is 90.6 Å². The van der Waals surface area contributed by atoms with E-state index in [-0.39, 0.29) is 5.97 Å². The van der Waals surface area contributed by atoms with Crippen LogP contribution in [0.25, 0.3) is 0 Å². The summed E-state index contributed by atoms with van der Waals surface area (Å²) in [5, 5.41) is 4.30. The smallest absolute Gasteiger partial charge is 0.305 e. The van der Waals surface area contributed by atoms with Gasteiger partial charge in [-0.25, -0.2) is 0 Å². The number of carbonyl (C=O) groups excluding carboxylic acids is 1. The van der Waals surface area contributed by atoms with Crippen molar-refractivity contribution >= 4 is 5.97 Å². The minimum Gasteiger partial charge on any atom is -0.469 e. The van der Waals surface area contributed by atoms with Crippen molar-refractivity contribution in [2.24, 2.45) is 39.9 Å². The highest BCUT2D eigenvalue weighted by Gasteiger charge is 2.79. The molecule has 0 aromatic heterocycles. The van der Waals surface area contributed by atoms with Crippen LogP contribution in [0, 0.1) is 39.9 Å². The third-order valence-electron chi connectivity index (χ3n) is 10.4. The van der Waals surface area contributed by atoms with Gasteiger partial charge in [0.2, 0.25) is 0 Å². The number of hydrogen-bond acceptors (Lipinski definition) is 3. The molecule has 2 heterocycles. The van der Waals surface area contributed by atoms with E-state index < -0.39 is 0 Å². The van der Waals surface area contributed by atoms with Gasteiger partial charge in [0, 0.05) is 18.5 Å². The molecule has 2 aliphatic heterocycles. The van der Waals surface area contributed by atoms with Crippen molar-refractivity contribution in [2.75, 3.05) is 7.11 Å². The van der Waals surface area contributed by atoms with Gasteiger partial charge in [0.1, 0.15) is 0 Å². The number of piperidine rings is 2. The van der Waals surface area contributed by atoms with Crippen LogP contribution in [0.3, 0.4) is 0 Å². The lowest BCUT2D eigenvalue weighted by Crippen LogP contribution is -2.80. The van der Waals surface area contributed by atoms with Crippen molar-refractivity contribution in [1.82, 2.24) is 5.32 Å². The van der Waals surface area contributed by atoms with Gasteiger partial charge in [0.25, 0.3) is 0 Å². The number of nitrogens with one attached hydrogen (secondary N) is 1. The molecule has 0 radical (unpaired) electrons. The maximum absolute atomic E-state index is 12.2. The van der Waals surface area contributed by atoms with Crippen molar-refractivity contribution < 1.29 is 9.53 Å². The Balaban J connectivity index is 1.65. The van der Waals surface area contributed by atoms with Gasteiger partial charge in [-0.15, -0.1) is 0 Å². The molecule has 1 N–H and O–H groups in total. The first-order valence-electron chi connectivity index (χ1n) is 11.2. The standard InChI is InChI=1S/C23H37NO2/c1-14(2)15-7-11-21(3)16-8-12-22-10-5-6-17(22)23(21,13-9-18(25)26-4)19(15)24-20(16)22/h14-17,19-20,24H,5-13H2,1-4H3/t15-,16-,17-,19+,20?,21+,22-,23+/m1/s1. The Morgan fingerprint density at radius 3 is 2.69 bits per heavy atom. The second-order valence-corrected chi connectivity index (χ2v) is 10.9. The van der Waals surface area contributed by atoms with Gasteiger partial charge in [-0.2, -0.15) is 0 Å². The van der Waals surface area contributed by atoms with E-state index in [2.05, 4.69) is 26.1 Å². The van der Waals surface area contributed by atoms with Gasteiger partial charge in [-0.3, -0.25) is 4.79 Å². The van der Waals surface area contributed by atoms with E-state index in [9.17, 15) is 4.79 Å². The van der Waals surface area contributed by atoms with Crippen LogP contribution in [0.4, 0.5) is 0 Å². The molecule has 6 bridgehead atoms. The normalized spacial score (nSPS) is 53.8. The van der Waals surface area contributed by atoms with E-state index in [4.69, 9.17) is 4.74 Å². The van der Waals surface area contributed by atoms with E-state index in [0.29, 0.717) is 28.7 Å². The molecule has 146 valence electrons. The number of ether oxygens (including phenoxy) is 1. The average molecular weight is 360 g/mol. The number of hydrogen-bond donors (Lipinski definition) is 1. The van der Waals surface area contributed by atoms with Crippen molar-refractivity contribution in [1.29, 1.82) is 0 Å². The van der Waals surface area contributed by atoms with E-state index >= 15 is 0 Å². The summed E-state index contributed by atoms with van der Waals surface area (Å²) in [5.74, 6) is 3.15. The van der Waals surface area contributed by atoms with Gasteiger partial charge >= 0.3 is 5.97 Å². The number of rotatable bonds is 4. The molecule has 2 saturated heterocycles. The highest BCUT2D eigenvalue weighted by molar-refractivity contribution is 5.69. The zero-order chi connectivity index (χ0) is 18.3. The summed E-state index contributed by atoms with van der Waals surface area (Å²) in [6.45, 7) is 7.48. The molecule has 8 atom stereocenters. The molecule has 0 aromatic rings. The second kappa shape index (κ2) is 5.49. The van der Waals surface area contributed by atoms with Crippen LogP contribution in [-0.4, -0.2) is 25.2 Å². The van der Waals surface area contributed by atoms with Gasteiger partial charge in [0.05, 0.1) is 7.11 Å². The minimum absolute atomic E-state index is 0.00534. The predicted molar refractivity (Wildman–Crippen MR) is 103 cm³/mol. The molecule has 3 heteroatoms. The lowest BCUT2D eigenvalue weighted by molar-refractivity contribution is -0.247. The van der Waals surface area contributed by atoms with Gasteiger partial charge in [-0.1, -0.05) is 27.2 Å². The first kappa shape index (κ1) is 17.5. The second-order valence-electron chi connectivity index (χ2n) is 10.9. The first-order valence-corrected chi connectivity index (χ1v) is 11.2. The summed E-state index contributed by atoms with van der Waals surface area (Å²) >= 11 is 0. The van der Waals surface area contributed by atoms with Crippen LogP contribution in [0.1, 0.15) is 78.6 Å². The van der Waals surface area contributed by atoms with E-state index in [1.54, 1.807) is 7.11 Å². The monoisotopic (exact) mass is 359 g/mol. The molecule has 26 heavy (non-hydrogen) atoms. The molecule has 0 aromatic carbocycles. The maximum Gasteiger partial charge on any atom is 0.305 e. The van der Waals surface area contributed by atoms with Crippen molar-refractivity contribution in [3.8, 4) is 0 Å². The lowest BCUT2D eigenvalue weighted by atomic mass is 9.33. The lowest BCUT2D eigenvalue weighted by Gasteiger charge is -2.76. The summed E-state index contributed by atoms with van der Waals surface area (Å²) < 4.78 is 5.09. The summed E-state index contributed by atoms with van der Waals surface area (Å²) in [5.41, 5.74) is 1.28. The molecule has 1 unspecified atom stereocenters. The number of esters is 1. The fraction of sp³-hybridized carbons (Fsp3) is 0.957. The van der Waals surface area contributed by atoms with Crippen LogP contribution in [0.2, 0.25) is 0 Å². The first-order chi connectivity index (χ1) is 12.4. The zero-order valence-corrected chi connectivity index (χ0v) is 17.1. The van der Waals surface area contributed by atoms with Gasteiger partial charge < -0.3 is 10.1 Å². The third kappa shape index (κ3) is 1.78. The SMILES string of the molecule is COC(=O)CC[C@]12[C@@H]3CCC[C@@]34CC[C@@H]3C4N[C@H]1[C@@H](C(C)C)CC[C@@]32C. The summed E-state index contributed by atoms with van der Waals surface area (Å²) in [6, 6.07) is 1.37. The quantitative estimate of drug-likeness (QED) is 0.749. The Hall–Kier alpha value is -0.570. The van der Waals surface area contributed by atoms with Crippen molar-refractivity contribution in [3.63, 3.8) is 0 Å². The molecular formula is C23H37NO2. The highest BCUT2D eigenvalue weighted by Crippen LogP contribution is 2.80. The molecule has 1 spiro atoms. The molecule has 4 saturated carbocycles. The molecule has 0 amide bonds. The Morgan fingerprint density at radius 2 is 1.96 bits per heavy atom. The maximum atomic E-state index is 12.2. The Bertz CT molecular complexity index is 617. The van der Waals surface area contributed by atoms with Gasteiger partial charge in [0.15, 0.2) is 0 Å². The molecule has 3 nitrogen and oxygen atoms in total. The summed E-state index contributed by atoms with van der Waals surface area (Å²) in [6.07, 6.45) is 11.5. The Morgan fingerprint density at radius 1 is 1.15 bits per heavy atom. The largest absolute Gasteiger partial charge is 0.469 e. The van der Waals surface area contributed by atoms with E-state index in [0.717, 1.165) is 36.1 Å². The third-order valence-corrected chi connectivity index (χ3v) is 10.4. The van der Waals surface area contributed by atoms with Crippen LogP contribution in [0.5, 0.6) is 0 Å². The molecule has 6 fully saturated rings. The minimum atomic E-state index is -0.00534. The van der Waals surface area contributed by atoms with Crippen molar-refractivity contribution in [3.05, 3.63) is 0 Å². The Kier molecular flexibility index (Phi) is 3.70. The highest BCUT2D eigenvalue weighted by atomic mass is 16.5. The Labute approximate surface area is 159 Å². The van der Waals surface area contributed by atoms with Crippen LogP contribution < -0.4 is 5.32 Å². The van der Waals surface area contributed by atoms with Crippen LogP contribution in [-0.2, 0) is 9.53 Å². The predicted octanol–water partition coefficient (Wildman–Crippen LogP) is 4.55. The molecule has 6 aliphatic rings. The fourth-order valence-corrected chi connectivity index (χ4v) is 9.61. The van der Waals surface area contributed by atoms with Crippen LogP contribution in [0.15, 0.2) is 0 Å². The fourth-order valence-electron chi connectivity index (χ4n) is 9.61. The molecule has 6 rings (SSSR count). The van der Waals surface area contributed by atoms with E-state index in [1.165, 1.54) is 44.9 Å². The summed E-state index contributed by atoms with van der Waals surface area (Å²) in [4.78, 5) is 12.2. The average Bonchev–Trinajstić information content (AvgIpc) is 3.19. The zero-order valence-electron chi connectivity index (χ0n) is 17.1. The molecular weight excluding hydrogens is 322 g/mol.